The molecule has 242 valence electrons. The monoisotopic (exact) mass is 675 g/mol. The molecule has 2 aliphatic heterocycles. The largest absolute Gasteiger partial charge is 0.695 e. The van der Waals surface area contributed by atoms with Gasteiger partial charge in [-0.2, -0.15) is 4.98 Å². The molecule has 6 rings (SSSR count). The quantitative estimate of drug-likeness (QED) is 0.0785. The summed E-state index contributed by atoms with van der Waals surface area (Å²) >= 11 is 0. The summed E-state index contributed by atoms with van der Waals surface area (Å²) in [4.78, 5) is 54.4. The van der Waals surface area contributed by atoms with E-state index >= 15 is 0 Å². The predicted octanol–water partition coefficient (Wildman–Crippen LogP) is -2.83. The smallest absolute Gasteiger partial charge is 0.394 e. The number of aromatic amines is 1. The first-order chi connectivity index (χ1) is 21.4. The molecule has 45 heavy (non-hydrogen) atoms. The molecule has 0 radical (unpaired) electrons. The van der Waals surface area contributed by atoms with Gasteiger partial charge in [-0.25, -0.2) is 24.5 Å². The molecule has 10 N–H and O–H groups in total. The highest BCUT2D eigenvalue weighted by Gasteiger charge is 2.53. The van der Waals surface area contributed by atoms with E-state index in [4.69, 9.17) is 34.5 Å². The summed E-state index contributed by atoms with van der Waals surface area (Å²) in [6, 6.07) is 0. The zero-order valence-corrected chi connectivity index (χ0v) is 24.2. The number of nitrogens with zero attached hydrogens (tertiary/aromatic N) is 7. The Morgan fingerprint density at radius 3 is 2.36 bits per heavy atom. The molecule has 6 heterocycles. The fourth-order valence-corrected chi connectivity index (χ4v) is 6.41. The van der Waals surface area contributed by atoms with Gasteiger partial charge in [0.2, 0.25) is 5.95 Å². The third-order valence-corrected chi connectivity index (χ3v) is 8.47. The van der Waals surface area contributed by atoms with Crippen LogP contribution in [0.25, 0.3) is 22.3 Å². The first-order valence-corrected chi connectivity index (χ1v) is 15.4. The van der Waals surface area contributed by atoms with Crippen molar-refractivity contribution in [1.29, 1.82) is 0 Å². The van der Waals surface area contributed by atoms with Gasteiger partial charge in [0.25, 0.3) is 5.56 Å². The van der Waals surface area contributed by atoms with Crippen molar-refractivity contribution in [3.63, 3.8) is 0 Å². The highest BCUT2D eigenvalue weighted by atomic mass is 31.2. The Balaban J connectivity index is 1.22. The molecule has 0 saturated carbocycles. The number of nitrogen functional groups attached to an aromatic ring is 2. The Bertz CT molecular complexity index is 1850. The Morgan fingerprint density at radius 2 is 1.64 bits per heavy atom. The van der Waals surface area contributed by atoms with Crippen LogP contribution in [-0.4, -0.2) is 114 Å². The van der Waals surface area contributed by atoms with Crippen molar-refractivity contribution in [2.45, 2.75) is 49.1 Å². The molecule has 10 unspecified atom stereocenters. The molecule has 4 aromatic rings. The molecule has 0 aliphatic carbocycles. The lowest BCUT2D eigenvalue weighted by Crippen LogP contribution is -2.36. The van der Waals surface area contributed by atoms with Crippen LogP contribution in [0.3, 0.4) is 0 Å². The zero-order valence-electron chi connectivity index (χ0n) is 22.4. The van der Waals surface area contributed by atoms with Crippen LogP contribution in [0.15, 0.2) is 23.8 Å². The van der Waals surface area contributed by atoms with Crippen molar-refractivity contribution < 1.29 is 57.3 Å². The van der Waals surface area contributed by atoms with Crippen molar-refractivity contribution in [3.8, 4) is 0 Å². The van der Waals surface area contributed by atoms with Crippen LogP contribution in [-0.2, 0) is 32.2 Å². The number of ether oxygens (including phenoxy) is 2. The molecule has 25 heteroatoms. The van der Waals surface area contributed by atoms with Crippen LogP contribution in [0.2, 0.25) is 0 Å². The molecule has 10 atom stereocenters. The van der Waals surface area contributed by atoms with Gasteiger partial charge in [-0.15, -0.1) is 9.42 Å². The van der Waals surface area contributed by atoms with E-state index in [0.29, 0.717) is 0 Å². The number of fused-ring (bicyclic) bond motifs is 2. The van der Waals surface area contributed by atoms with E-state index in [1.54, 1.807) is 0 Å². The van der Waals surface area contributed by atoms with Crippen LogP contribution in [0.5, 0.6) is 0 Å². The third-order valence-electron chi connectivity index (χ3n) is 7.06. The molecule has 0 amide bonds. The number of rotatable bonds is 10. The van der Waals surface area contributed by atoms with Gasteiger partial charge in [-0.1, -0.05) is 0 Å². The van der Waals surface area contributed by atoms with Gasteiger partial charge in [-0.3, -0.25) is 28.0 Å². The molecular formula is C20H25N10O13P2+. The minimum atomic E-state index is -5.13. The molecule has 23 nitrogen and oxygen atoms in total. The number of hydrogen-bond acceptors (Lipinski definition) is 18. The number of phosphoric ester groups is 1. The second-order valence-electron chi connectivity index (χ2n) is 9.79. The summed E-state index contributed by atoms with van der Waals surface area (Å²) in [5.41, 5.74) is 10.8. The van der Waals surface area contributed by atoms with Crippen molar-refractivity contribution in [2.75, 3.05) is 24.7 Å². The maximum atomic E-state index is 13.1. The molecule has 0 bridgehead atoms. The highest BCUT2D eigenvalue weighted by Crippen LogP contribution is 2.50. The lowest BCUT2D eigenvalue weighted by molar-refractivity contribution is -0.0608. The van der Waals surface area contributed by atoms with Gasteiger partial charge in [0, 0.05) is 4.57 Å². The van der Waals surface area contributed by atoms with Crippen LogP contribution in [0.4, 0.5) is 11.8 Å². The number of aliphatic hydroxyl groups is 3. The summed E-state index contributed by atoms with van der Waals surface area (Å²) in [7, 11) is -8.43. The van der Waals surface area contributed by atoms with E-state index < -0.39 is 83.9 Å². The highest BCUT2D eigenvalue weighted by molar-refractivity contribution is 7.47. The normalized spacial score (nSPS) is 30.3. The minimum Gasteiger partial charge on any atom is -0.394 e. The summed E-state index contributed by atoms with van der Waals surface area (Å²) in [6.07, 6.45) is -8.69. The van der Waals surface area contributed by atoms with Gasteiger partial charge >= 0.3 is 16.1 Å². The summed E-state index contributed by atoms with van der Waals surface area (Å²) in [6.45, 7) is -1.54. The van der Waals surface area contributed by atoms with E-state index in [0.717, 1.165) is 17.2 Å². The van der Waals surface area contributed by atoms with Gasteiger partial charge in [0.05, 0.1) is 25.9 Å². The molecule has 0 aromatic carbocycles. The number of aliphatic hydroxyl groups excluding tert-OH is 3. The maximum absolute atomic E-state index is 13.1. The lowest BCUT2D eigenvalue weighted by atomic mass is 10.1. The molecular weight excluding hydrogens is 650 g/mol. The average Bonchev–Trinajstić information content (AvgIpc) is 3.73. The van der Waals surface area contributed by atoms with Crippen molar-refractivity contribution in [2.24, 2.45) is 0 Å². The Kier molecular flexibility index (Phi) is 8.36. The van der Waals surface area contributed by atoms with Crippen LogP contribution in [0.1, 0.15) is 12.5 Å². The number of nitrogens with two attached hydrogens (primary N) is 2. The van der Waals surface area contributed by atoms with Gasteiger partial charge in [0.1, 0.15) is 42.4 Å². The Morgan fingerprint density at radius 1 is 1.00 bits per heavy atom. The second kappa shape index (κ2) is 12.0. The van der Waals surface area contributed by atoms with Gasteiger partial charge in [-0.05, 0) is 0 Å². The van der Waals surface area contributed by atoms with Crippen LogP contribution < -0.4 is 17.0 Å². The number of phosphoric acid groups is 1. The number of H-pyrrole nitrogens is 1. The van der Waals surface area contributed by atoms with Gasteiger partial charge < -0.3 is 41.2 Å². The topological polar surface area (TPSA) is 341 Å². The fraction of sp³-hybridized carbons (Fsp3) is 0.500. The van der Waals surface area contributed by atoms with E-state index in [9.17, 15) is 39.0 Å². The minimum absolute atomic E-state index is 0.0285. The first kappa shape index (κ1) is 31.4. The number of anilines is 2. The van der Waals surface area contributed by atoms with Crippen LogP contribution in [0, 0.1) is 0 Å². The fourth-order valence-electron chi connectivity index (χ4n) is 5.04. The molecule has 2 aliphatic rings. The Hall–Kier alpha value is -3.57. The van der Waals surface area contributed by atoms with Crippen LogP contribution >= 0.6 is 16.1 Å². The third kappa shape index (κ3) is 5.80. The van der Waals surface area contributed by atoms with Gasteiger partial charge in [0.15, 0.2) is 41.2 Å². The average molecular weight is 675 g/mol. The summed E-state index contributed by atoms with van der Waals surface area (Å²) < 4.78 is 53.7. The number of imidazole rings is 2. The maximum Gasteiger partial charge on any atom is 0.695 e. The molecule has 2 saturated heterocycles. The van der Waals surface area contributed by atoms with Crippen molar-refractivity contribution in [1.82, 2.24) is 39.0 Å². The van der Waals surface area contributed by atoms with E-state index in [1.165, 1.54) is 10.9 Å². The van der Waals surface area contributed by atoms with Crippen molar-refractivity contribution in [3.05, 3.63) is 29.3 Å². The molecule has 0 spiro atoms. The summed E-state index contributed by atoms with van der Waals surface area (Å²) in [5, 5.41) is 31.3. The standard InChI is InChI=1S/C20H24N10O13P2/c21-14-8-15(24-3-23-14)29(4-25-8)19-13(10(32)6(1-31)40-19)43-45(37,38)39-2-7-11(33)12(42-44(35)36)18(41-7)30-5-26-9-16(30)27-20(22)28-17(9)34/h3-7,10-13,18-19,31-33H,1-2H2,(H6-,21,22,23,24,27,28,34,35,36,37,38)/p+1. The second-order valence-corrected chi connectivity index (χ2v) is 11.9. The van der Waals surface area contributed by atoms with Crippen molar-refractivity contribution >= 4 is 50.2 Å². The summed E-state index contributed by atoms with van der Waals surface area (Å²) in [5.74, 6) is -0.253. The first-order valence-electron chi connectivity index (χ1n) is 12.8. The molecule has 4 aromatic heterocycles. The lowest BCUT2D eigenvalue weighted by Gasteiger charge is -2.24. The Labute approximate surface area is 249 Å². The zero-order chi connectivity index (χ0) is 32.2. The van der Waals surface area contributed by atoms with E-state index in [2.05, 4.69) is 29.9 Å². The van der Waals surface area contributed by atoms with E-state index in [-0.39, 0.29) is 34.1 Å². The number of nitrogens with one attached hydrogen (secondary N) is 1. The predicted molar refractivity (Wildman–Crippen MR) is 145 cm³/mol. The van der Waals surface area contributed by atoms with E-state index in [1.807, 2.05) is 0 Å². The molecule has 2 fully saturated rings. The number of aromatic nitrogens is 8. The number of hydrogen-bond donors (Lipinski definition) is 8. The SMILES string of the molecule is Nc1nc2c(ncn2C2OC(COP(=O)(O)OC3C(O)C(CO)OC3n3cnc4c(N)ncnc43)C(O)C2O[P+](=O)O)c(=O)[nH]1.